The molecule has 1 aromatic heterocycles. The summed E-state index contributed by atoms with van der Waals surface area (Å²) >= 11 is 0. The lowest BCUT2D eigenvalue weighted by Crippen LogP contribution is -2.20. The van der Waals surface area contributed by atoms with Crippen molar-refractivity contribution < 1.29 is 13.5 Å². The molecule has 3 rings (SSSR count). The van der Waals surface area contributed by atoms with Gasteiger partial charge >= 0.3 is 0 Å². The third-order valence-corrected chi connectivity index (χ3v) is 3.83. The quantitative estimate of drug-likeness (QED) is 0.831. The number of aryl methyl sites for hydroxylation is 1. The maximum absolute atomic E-state index is 14.5. The first-order chi connectivity index (χ1) is 11.6. The summed E-state index contributed by atoms with van der Waals surface area (Å²) in [7, 11) is 0. The average Bonchev–Trinajstić information content (AvgIpc) is 3.05. The summed E-state index contributed by atoms with van der Waals surface area (Å²) in [5.74, 6) is -0.514. The summed E-state index contributed by atoms with van der Waals surface area (Å²) in [5.41, 5.74) is 1.01. The largest absolute Gasteiger partial charge is 0.478 e. The molecule has 2 aromatic rings. The third-order valence-electron chi connectivity index (χ3n) is 3.83. The number of ether oxygens (including phenoxy) is 1. The van der Waals surface area contributed by atoms with E-state index in [4.69, 9.17) is 4.74 Å². The molecule has 0 aliphatic carbocycles. The molecule has 0 atom stereocenters. The zero-order valence-electron chi connectivity index (χ0n) is 13.9. The van der Waals surface area contributed by atoms with Crippen molar-refractivity contribution in [2.45, 2.75) is 26.7 Å². The van der Waals surface area contributed by atoms with Crippen molar-refractivity contribution in [3.63, 3.8) is 0 Å². The van der Waals surface area contributed by atoms with Crippen molar-refractivity contribution in [3.8, 4) is 17.3 Å². The normalized spacial score (nSPS) is 14.2. The first-order valence-corrected chi connectivity index (χ1v) is 8.13. The lowest BCUT2D eigenvalue weighted by atomic mass is 10.1. The Morgan fingerprint density at radius 3 is 2.54 bits per heavy atom. The summed E-state index contributed by atoms with van der Waals surface area (Å²) in [6.45, 7) is 5.51. The smallest absolute Gasteiger partial charge is 0.217 e. The minimum absolute atomic E-state index is 0.0163. The maximum Gasteiger partial charge on any atom is 0.217 e. The molecule has 1 fully saturated rings. The van der Waals surface area contributed by atoms with Crippen LogP contribution >= 0.6 is 0 Å². The van der Waals surface area contributed by atoms with Crippen LogP contribution in [0.4, 0.5) is 14.5 Å². The van der Waals surface area contributed by atoms with E-state index in [9.17, 15) is 8.78 Å². The van der Waals surface area contributed by atoms with Crippen molar-refractivity contribution >= 4 is 5.69 Å². The van der Waals surface area contributed by atoms with Gasteiger partial charge in [-0.1, -0.05) is 6.92 Å². The second kappa shape index (κ2) is 7.11. The van der Waals surface area contributed by atoms with E-state index in [1.165, 1.54) is 12.1 Å². The predicted octanol–water partition coefficient (Wildman–Crippen LogP) is 3.93. The van der Waals surface area contributed by atoms with Gasteiger partial charge in [0, 0.05) is 30.4 Å². The standard InChI is InChI=1S/C18H20F2N3O/c1-3-8-24-16-9-12(2)21-18(22-16)13-10-14(19)17(15(20)11-13)23-6-4-5-7-23/h4,9-11H,3,5-8H2,1-2H3. The van der Waals surface area contributed by atoms with Crippen LogP contribution < -0.4 is 9.64 Å². The van der Waals surface area contributed by atoms with Gasteiger partial charge in [-0.05, 0) is 38.3 Å². The van der Waals surface area contributed by atoms with E-state index in [1.54, 1.807) is 17.9 Å². The molecule has 1 aliphatic heterocycles. The molecule has 4 nitrogen and oxygen atoms in total. The molecule has 0 saturated carbocycles. The topological polar surface area (TPSA) is 38.2 Å². The van der Waals surface area contributed by atoms with Crippen molar-refractivity contribution in [1.29, 1.82) is 0 Å². The van der Waals surface area contributed by atoms with Crippen molar-refractivity contribution in [2.24, 2.45) is 0 Å². The number of halogens is 2. The molecule has 0 N–H and O–H groups in total. The second-order valence-electron chi connectivity index (χ2n) is 5.83. The molecule has 127 valence electrons. The summed E-state index contributed by atoms with van der Waals surface area (Å²) < 4.78 is 34.5. The van der Waals surface area contributed by atoms with Crippen LogP contribution in [-0.2, 0) is 0 Å². The molecule has 24 heavy (non-hydrogen) atoms. The molecule has 1 aliphatic rings. The van der Waals surface area contributed by atoms with E-state index >= 15 is 0 Å². The van der Waals surface area contributed by atoms with Gasteiger partial charge < -0.3 is 9.64 Å². The third kappa shape index (κ3) is 3.47. The van der Waals surface area contributed by atoms with Crippen LogP contribution in [0.25, 0.3) is 11.4 Å². The molecule has 1 saturated heterocycles. The van der Waals surface area contributed by atoms with Gasteiger partial charge in [-0.25, -0.2) is 13.8 Å². The second-order valence-corrected chi connectivity index (χ2v) is 5.83. The average molecular weight is 332 g/mol. The van der Waals surface area contributed by atoms with Crippen LogP contribution in [0, 0.1) is 25.0 Å². The summed E-state index contributed by atoms with van der Waals surface area (Å²) in [4.78, 5) is 10.2. The number of aromatic nitrogens is 2. The number of benzene rings is 1. The van der Waals surface area contributed by atoms with E-state index < -0.39 is 11.6 Å². The Hall–Kier alpha value is -2.24. The number of hydrogen-bond acceptors (Lipinski definition) is 4. The molecule has 1 aromatic carbocycles. The van der Waals surface area contributed by atoms with Crippen LogP contribution in [0.5, 0.6) is 5.88 Å². The van der Waals surface area contributed by atoms with Crippen molar-refractivity contribution in [2.75, 3.05) is 24.6 Å². The van der Waals surface area contributed by atoms with E-state index in [-0.39, 0.29) is 11.5 Å². The Morgan fingerprint density at radius 2 is 1.92 bits per heavy atom. The predicted molar refractivity (Wildman–Crippen MR) is 89.0 cm³/mol. The molecule has 0 spiro atoms. The Kier molecular flexibility index (Phi) is 4.92. The number of anilines is 1. The SMILES string of the molecule is CCCOc1cc(C)nc(-c2cc(F)c(N3C[CH]CC3)c(F)c2)n1. The van der Waals surface area contributed by atoms with Crippen LogP contribution in [0.2, 0.25) is 0 Å². The number of rotatable bonds is 5. The monoisotopic (exact) mass is 332 g/mol. The number of nitrogens with zero attached hydrogens (tertiary/aromatic N) is 3. The Morgan fingerprint density at radius 1 is 1.17 bits per heavy atom. The summed E-state index contributed by atoms with van der Waals surface area (Å²) in [6.07, 6.45) is 3.69. The number of hydrogen-bond donors (Lipinski definition) is 0. The van der Waals surface area contributed by atoms with Gasteiger partial charge in [0.25, 0.3) is 0 Å². The molecular weight excluding hydrogens is 312 g/mol. The molecular formula is C18H20F2N3O. The fourth-order valence-corrected chi connectivity index (χ4v) is 2.73. The van der Waals surface area contributed by atoms with E-state index in [2.05, 4.69) is 9.97 Å². The molecule has 6 heteroatoms. The molecule has 0 bridgehead atoms. The van der Waals surface area contributed by atoms with Crippen molar-refractivity contribution in [3.05, 3.63) is 41.9 Å². The minimum Gasteiger partial charge on any atom is -0.478 e. The highest BCUT2D eigenvalue weighted by molar-refractivity contribution is 5.63. The summed E-state index contributed by atoms with van der Waals surface area (Å²) in [6, 6.07) is 4.28. The van der Waals surface area contributed by atoms with E-state index in [0.29, 0.717) is 36.8 Å². The van der Waals surface area contributed by atoms with Gasteiger partial charge in [-0.15, -0.1) is 0 Å². The maximum atomic E-state index is 14.5. The Balaban J connectivity index is 1.96. The highest BCUT2D eigenvalue weighted by Gasteiger charge is 2.22. The van der Waals surface area contributed by atoms with Gasteiger partial charge in [0.1, 0.15) is 17.3 Å². The summed E-state index contributed by atoms with van der Waals surface area (Å²) in [5, 5.41) is 0. The highest BCUT2D eigenvalue weighted by Crippen LogP contribution is 2.31. The van der Waals surface area contributed by atoms with Gasteiger partial charge in [-0.3, -0.25) is 0 Å². The lowest BCUT2D eigenvalue weighted by Gasteiger charge is -2.19. The molecule has 1 radical (unpaired) electrons. The zero-order valence-corrected chi connectivity index (χ0v) is 13.9. The van der Waals surface area contributed by atoms with E-state index in [1.807, 2.05) is 13.3 Å². The van der Waals surface area contributed by atoms with Gasteiger partial charge in [0.15, 0.2) is 5.82 Å². The zero-order chi connectivity index (χ0) is 17.1. The molecule has 0 unspecified atom stereocenters. The Bertz CT molecular complexity index is 707. The molecule has 2 heterocycles. The lowest BCUT2D eigenvalue weighted by molar-refractivity contribution is 0.305. The fourth-order valence-electron chi connectivity index (χ4n) is 2.73. The van der Waals surface area contributed by atoms with Gasteiger partial charge in [-0.2, -0.15) is 4.98 Å². The first kappa shape index (κ1) is 16.6. The van der Waals surface area contributed by atoms with Crippen LogP contribution in [0.15, 0.2) is 18.2 Å². The Labute approximate surface area is 140 Å². The van der Waals surface area contributed by atoms with Crippen LogP contribution in [0.3, 0.4) is 0 Å². The van der Waals surface area contributed by atoms with E-state index in [0.717, 1.165) is 12.8 Å². The van der Waals surface area contributed by atoms with Gasteiger partial charge in [0.05, 0.1) is 6.61 Å². The molecule has 0 amide bonds. The minimum atomic E-state index is -0.596. The van der Waals surface area contributed by atoms with Crippen LogP contribution in [-0.4, -0.2) is 29.7 Å². The highest BCUT2D eigenvalue weighted by atomic mass is 19.1. The first-order valence-electron chi connectivity index (χ1n) is 8.13. The van der Waals surface area contributed by atoms with Crippen molar-refractivity contribution in [1.82, 2.24) is 9.97 Å². The van der Waals surface area contributed by atoms with Crippen LogP contribution in [0.1, 0.15) is 25.5 Å². The van der Waals surface area contributed by atoms with Gasteiger partial charge in [0.2, 0.25) is 5.88 Å². The fraction of sp³-hybridized carbons (Fsp3) is 0.389.